The number of benzene rings is 1. The largest absolute Gasteiger partial charge is 0.416 e. The second-order valence-corrected chi connectivity index (χ2v) is 5.43. The first-order chi connectivity index (χ1) is 11.0. The average Bonchev–Trinajstić information content (AvgIpc) is 2.54. The topological polar surface area (TPSA) is 50.7 Å². The molecule has 0 atom stereocenters. The van der Waals surface area contributed by atoms with E-state index < -0.39 is 11.7 Å². The first-order valence-corrected chi connectivity index (χ1v) is 7.80. The fourth-order valence-electron chi connectivity index (χ4n) is 2.05. The summed E-state index contributed by atoms with van der Waals surface area (Å²) in [6.07, 6.45) is 0.622. The molecule has 0 spiro atoms. The van der Waals surface area contributed by atoms with Crippen LogP contribution in [0.25, 0.3) is 10.9 Å². The summed E-state index contributed by atoms with van der Waals surface area (Å²) in [7, 11) is 0. The van der Waals surface area contributed by atoms with Gasteiger partial charge in [-0.25, -0.2) is 9.97 Å². The maximum atomic E-state index is 12.8. The lowest BCUT2D eigenvalue weighted by Gasteiger charge is -2.12. The molecule has 0 aliphatic carbocycles. The van der Waals surface area contributed by atoms with E-state index in [2.05, 4.69) is 20.3 Å². The van der Waals surface area contributed by atoms with Crippen molar-refractivity contribution in [2.75, 3.05) is 11.6 Å². The van der Waals surface area contributed by atoms with Gasteiger partial charge < -0.3 is 5.32 Å². The van der Waals surface area contributed by atoms with E-state index in [-0.39, 0.29) is 0 Å². The second-order valence-electron chi connectivity index (χ2n) is 4.66. The van der Waals surface area contributed by atoms with Crippen molar-refractivity contribution in [2.45, 2.75) is 11.3 Å². The van der Waals surface area contributed by atoms with Crippen LogP contribution in [-0.4, -0.2) is 21.2 Å². The van der Waals surface area contributed by atoms with Gasteiger partial charge in [0.1, 0.15) is 5.82 Å². The maximum Gasteiger partial charge on any atom is 0.416 e. The van der Waals surface area contributed by atoms with Crippen molar-refractivity contribution in [1.82, 2.24) is 15.0 Å². The standard InChI is InChI=1S/C15H11F3N4S/c1-23-14-21-12-5-6-19-8-11(12)13(22-14)20-10-4-2-3-9(7-10)15(16,17)18/h2-8H,1H3,(H,20,21,22). The van der Waals surface area contributed by atoms with E-state index in [0.717, 1.165) is 12.1 Å². The van der Waals surface area contributed by atoms with E-state index in [1.54, 1.807) is 24.5 Å². The Kier molecular flexibility index (Phi) is 4.08. The van der Waals surface area contributed by atoms with E-state index in [1.165, 1.54) is 17.8 Å². The Morgan fingerprint density at radius 2 is 1.96 bits per heavy atom. The fourth-order valence-corrected chi connectivity index (χ4v) is 2.42. The van der Waals surface area contributed by atoms with Gasteiger partial charge in [-0.2, -0.15) is 13.2 Å². The van der Waals surface area contributed by atoms with Crippen LogP contribution in [-0.2, 0) is 6.18 Å². The van der Waals surface area contributed by atoms with E-state index in [0.29, 0.717) is 27.6 Å². The van der Waals surface area contributed by atoms with E-state index in [4.69, 9.17) is 0 Å². The summed E-state index contributed by atoms with van der Waals surface area (Å²) in [5, 5.41) is 4.10. The molecular weight excluding hydrogens is 325 g/mol. The van der Waals surface area contributed by atoms with Crippen molar-refractivity contribution in [3.05, 3.63) is 48.3 Å². The van der Waals surface area contributed by atoms with Crippen LogP contribution in [0.5, 0.6) is 0 Å². The molecule has 0 saturated heterocycles. The monoisotopic (exact) mass is 336 g/mol. The Balaban J connectivity index is 2.05. The highest BCUT2D eigenvalue weighted by atomic mass is 32.2. The Morgan fingerprint density at radius 3 is 2.70 bits per heavy atom. The van der Waals surface area contributed by atoms with Crippen molar-refractivity contribution in [3.63, 3.8) is 0 Å². The Labute approximate surface area is 134 Å². The van der Waals surface area contributed by atoms with Gasteiger partial charge in [-0.3, -0.25) is 4.98 Å². The summed E-state index contributed by atoms with van der Waals surface area (Å²) in [6.45, 7) is 0. The smallest absolute Gasteiger partial charge is 0.340 e. The number of nitrogens with zero attached hydrogens (tertiary/aromatic N) is 3. The summed E-state index contributed by atoms with van der Waals surface area (Å²) in [6, 6.07) is 6.70. The van der Waals surface area contributed by atoms with Crippen molar-refractivity contribution in [1.29, 1.82) is 0 Å². The molecule has 3 rings (SSSR count). The highest BCUT2D eigenvalue weighted by Gasteiger charge is 2.30. The van der Waals surface area contributed by atoms with Gasteiger partial charge in [0.25, 0.3) is 0 Å². The lowest BCUT2D eigenvalue weighted by molar-refractivity contribution is -0.137. The number of hydrogen-bond acceptors (Lipinski definition) is 5. The van der Waals surface area contributed by atoms with Crippen LogP contribution in [0.3, 0.4) is 0 Å². The van der Waals surface area contributed by atoms with E-state index in [9.17, 15) is 13.2 Å². The lowest BCUT2D eigenvalue weighted by atomic mass is 10.2. The first kappa shape index (κ1) is 15.5. The SMILES string of the molecule is CSc1nc(Nc2cccc(C(F)(F)F)c2)c2cnccc2n1. The Bertz CT molecular complexity index is 851. The summed E-state index contributed by atoms with van der Waals surface area (Å²) in [5.74, 6) is 0.423. The number of fused-ring (bicyclic) bond motifs is 1. The molecular formula is C15H11F3N4S. The van der Waals surface area contributed by atoms with Crippen molar-refractivity contribution >= 4 is 34.2 Å². The van der Waals surface area contributed by atoms with Crippen LogP contribution >= 0.6 is 11.8 Å². The minimum atomic E-state index is -4.39. The van der Waals surface area contributed by atoms with Gasteiger partial charge in [-0.05, 0) is 30.5 Å². The molecule has 2 heterocycles. The van der Waals surface area contributed by atoms with E-state index in [1.807, 2.05) is 6.26 Å². The normalized spacial score (nSPS) is 11.7. The minimum Gasteiger partial charge on any atom is -0.340 e. The summed E-state index contributed by atoms with van der Waals surface area (Å²) in [4.78, 5) is 12.7. The maximum absolute atomic E-state index is 12.8. The van der Waals surface area contributed by atoms with Gasteiger partial charge in [0.05, 0.1) is 16.5 Å². The van der Waals surface area contributed by atoms with Crippen LogP contribution in [0.4, 0.5) is 24.7 Å². The van der Waals surface area contributed by atoms with Crippen molar-refractivity contribution in [2.24, 2.45) is 0 Å². The molecule has 0 saturated carbocycles. The van der Waals surface area contributed by atoms with Gasteiger partial charge in [0.2, 0.25) is 0 Å². The zero-order valence-electron chi connectivity index (χ0n) is 11.9. The molecule has 118 valence electrons. The molecule has 0 radical (unpaired) electrons. The zero-order valence-corrected chi connectivity index (χ0v) is 12.7. The van der Waals surface area contributed by atoms with Crippen LogP contribution in [0.2, 0.25) is 0 Å². The molecule has 0 fully saturated rings. The van der Waals surface area contributed by atoms with Crippen LogP contribution in [0.15, 0.2) is 47.9 Å². The van der Waals surface area contributed by atoms with Gasteiger partial charge >= 0.3 is 6.18 Å². The van der Waals surface area contributed by atoms with E-state index >= 15 is 0 Å². The Hall–Kier alpha value is -2.35. The molecule has 8 heteroatoms. The van der Waals surface area contributed by atoms with Crippen molar-refractivity contribution < 1.29 is 13.2 Å². The molecule has 3 aromatic rings. The number of aromatic nitrogens is 3. The molecule has 0 bridgehead atoms. The number of rotatable bonds is 3. The Morgan fingerprint density at radius 1 is 1.13 bits per heavy atom. The second kappa shape index (κ2) is 6.04. The van der Waals surface area contributed by atoms with Crippen molar-refractivity contribution in [3.8, 4) is 0 Å². The van der Waals surface area contributed by atoms with Gasteiger partial charge in [-0.15, -0.1) is 0 Å². The minimum absolute atomic E-state index is 0.302. The highest BCUT2D eigenvalue weighted by molar-refractivity contribution is 7.98. The van der Waals surface area contributed by atoms with Gasteiger partial charge in [-0.1, -0.05) is 17.8 Å². The number of hydrogen-bond donors (Lipinski definition) is 1. The van der Waals surface area contributed by atoms with Crippen LogP contribution < -0.4 is 5.32 Å². The lowest BCUT2D eigenvalue weighted by Crippen LogP contribution is -2.05. The molecule has 0 aliphatic heterocycles. The molecule has 4 nitrogen and oxygen atoms in total. The molecule has 0 unspecified atom stereocenters. The number of anilines is 2. The average molecular weight is 336 g/mol. The zero-order chi connectivity index (χ0) is 16.4. The third-order valence-corrected chi connectivity index (χ3v) is 3.66. The summed E-state index contributed by atoms with van der Waals surface area (Å²) in [5.41, 5.74) is 0.258. The predicted molar refractivity (Wildman–Crippen MR) is 83.8 cm³/mol. The number of alkyl halides is 3. The number of nitrogens with one attached hydrogen (secondary N) is 1. The number of thioether (sulfide) groups is 1. The quantitative estimate of drug-likeness (QED) is 0.563. The van der Waals surface area contributed by atoms with Crippen LogP contribution in [0.1, 0.15) is 5.56 Å². The fraction of sp³-hybridized carbons (Fsp3) is 0.133. The summed E-state index contributed by atoms with van der Waals surface area (Å²) >= 11 is 1.35. The number of pyridine rings is 1. The third-order valence-electron chi connectivity index (χ3n) is 3.11. The van der Waals surface area contributed by atoms with Gasteiger partial charge in [0.15, 0.2) is 5.16 Å². The molecule has 0 aliphatic rings. The molecule has 1 aromatic carbocycles. The molecule has 2 aromatic heterocycles. The predicted octanol–water partition coefficient (Wildman–Crippen LogP) is 4.51. The van der Waals surface area contributed by atoms with Gasteiger partial charge in [0, 0.05) is 18.1 Å². The highest BCUT2D eigenvalue weighted by Crippen LogP contribution is 2.32. The first-order valence-electron chi connectivity index (χ1n) is 6.57. The number of halogens is 3. The molecule has 23 heavy (non-hydrogen) atoms. The molecule has 1 N–H and O–H groups in total. The molecule has 0 amide bonds. The third kappa shape index (κ3) is 3.37. The summed E-state index contributed by atoms with van der Waals surface area (Å²) < 4.78 is 38.4. The van der Waals surface area contributed by atoms with Crippen LogP contribution in [0, 0.1) is 0 Å².